The lowest BCUT2D eigenvalue weighted by molar-refractivity contribution is 0.0949. The first-order valence-electron chi connectivity index (χ1n) is 6.23. The maximum absolute atomic E-state index is 12.5. The average Bonchev–Trinajstić information content (AvgIpc) is 2.45. The number of nitrogens with zero attached hydrogens (tertiary/aromatic N) is 1. The molecule has 0 saturated carbocycles. The van der Waals surface area contributed by atoms with Crippen LogP contribution in [0.2, 0.25) is 0 Å². The zero-order valence-electron chi connectivity index (χ0n) is 9.72. The van der Waals surface area contributed by atoms with Gasteiger partial charge in [0.05, 0.1) is 5.56 Å². The lowest BCUT2D eigenvalue weighted by atomic mass is 9.65. The predicted molar refractivity (Wildman–Crippen MR) is 65.3 cm³/mol. The van der Waals surface area contributed by atoms with Gasteiger partial charge in [-0.1, -0.05) is 12.2 Å². The maximum atomic E-state index is 12.5. The molecular weight excluding hydrogens is 226 g/mol. The van der Waals surface area contributed by atoms with Crippen LogP contribution in [0.25, 0.3) is 0 Å². The number of carbonyl (C=O) groups excluding carboxylic acids is 2. The summed E-state index contributed by atoms with van der Waals surface area (Å²) in [6.07, 6.45) is 9.23. The Morgan fingerprint density at radius 3 is 2.17 bits per heavy atom. The quantitative estimate of drug-likeness (QED) is 0.651. The van der Waals surface area contributed by atoms with Crippen molar-refractivity contribution in [3.63, 3.8) is 0 Å². The van der Waals surface area contributed by atoms with E-state index in [2.05, 4.69) is 17.1 Å². The first-order valence-corrected chi connectivity index (χ1v) is 6.23. The number of hydrogen-bond donors (Lipinski definition) is 0. The fraction of sp³-hybridized carbons (Fsp3) is 0.267. The Morgan fingerprint density at radius 1 is 0.944 bits per heavy atom. The molecule has 0 aliphatic heterocycles. The zero-order valence-corrected chi connectivity index (χ0v) is 9.72. The first kappa shape index (κ1) is 9.95. The van der Waals surface area contributed by atoms with Crippen LogP contribution in [0, 0.1) is 11.8 Å². The van der Waals surface area contributed by atoms with E-state index in [0.717, 1.165) is 24.0 Å². The van der Waals surface area contributed by atoms with E-state index in [1.807, 2.05) is 0 Å². The molecule has 1 aromatic rings. The van der Waals surface area contributed by atoms with Crippen molar-refractivity contribution in [1.29, 1.82) is 0 Å². The number of carbonyl (C=O) groups is 2. The minimum atomic E-state index is 0.00625. The van der Waals surface area contributed by atoms with Gasteiger partial charge in [0.15, 0.2) is 11.6 Å². The molecule has 18 heavy (non-hydrogen) atoms. The minimum Gasteiger partial charge on any atom is -0.289 e. The molecule has 0 N–H and O–H groups in total. The van der Waals surface area contributed by atoms with Crippen molar-refractivity contribution >= 4 is 11.6 Å². The third-order valence-electron chi connectivity index (χ3n) is 4.20. The number of aromatic nitrogens is 1. The van der Waals surface area contributed by atoms with Gasteiger partial charge in [0, 0.05) is 40.9 Å². The van der Waals surface area contributed by atoms with Gasteiger partial charge in [-0.3, -0.25) is 14.6 Å². The highest BCUT2D eigenvalue weighted by molar-refractivity contribution is 6.27. The SMILES string of the molecule is O=C1C2=C(C(=O)c3ccncc31)[C@H]1C=C[C@@H]2CC1. The summed E-state index contributed by atoms with van der Waals surface area (Å²) in [5.74, 6) is 0.311. The molecule has 88 valence electrons. The molecule has 0 unspecified atom stereocenters. The van der Waals surface area contributed by atoms with Crippen LogP contribution in [0.15, 0.2) is 41.8 Å². The molecule has 0 fully saturated rings. The lowest BCUT2D eigenvalue weighted by Gasteiger charge is -2.37. The van der Waals surface area contributed by atoms with E-state index in [4.69, 9.17) is 0 Å². The monoisotopic (exact) mass is 237 g/mol. The van der Waals surface area contributed by atoms with Crippen molar-refractivity contribution in [3.8, 4) is 0 Å². The summed E-state index contributed by atoms with van der Waals surface area (Å²) in [5, 5.41) is 0. The molecule has 0 aromatic carbocycles. The summed E-state index contributed by atoms with van der Waals surface area (Å²) in [6.45, 7) is 0. The Bertz CT molecular complexity index is 599. The van der Waals surface area contributed by atoms with Crippen LogP contribution in [0.5, 0.6) is 0 Å². The van der Waals surface area contributed by atoms with Crippen LogP contribution in [0.1, 0.15) is 33.6 Å². The largest absolute Gasteiger partial charge is 0.289 e. The van der Waals surface area contributed by atoms with E-state index in [1.54, 1.807) is 12.3 Å². The Labute approximate surface area is 104 Å². The van der Waals surface area contributed by atoms with Gasteiger partial charge in [-0.2, -0.15) is 0 Å². The third kappa shape index (κ3) is 1.07. The molecule has 1 aromatic heterocycles. The summed E-state index contributed by atoms with van der Waals surface area (Å²) in [6, 6.07) is 1.66. The van der Waals surface area contributed by atoms with E-state index < -0.39 is 0 Å². The molecular formula is C15H11NO2. The first-order chi connectivity index (χ1) is 8.77. The summed E-state index contributed by atoms with van der Waals surface area (Å²) in [4.78, 5) is 29.0. The van der Waals surface area contributed by atoms with Crippen LogP contribution in [0.4, 0.5) is 0 Å². The van der Waals surface area contributed by atoms with Gasteiger partial charge in [0.2, 0.25) is 0 Å². The number of fused-ring (bicyclic) bond motifs is 2. The molecule has 5 rings (SSSR count). The molecule has 2 atom stereocenters. The lowest BCUT2D eigenvalue weighted by Crippen LogP contribution is -2.34. The van der Waals surface area contributed by atoms with Gasteiger partial charge >= 0.3 is 0 Å². The summed E-state index contributed by atoms with van der Waals surface area (Å²) in [5.41, 5.74) is 2.48. The summed E-state index contributed by atoms with van der Waals surface area (Å²) >= 11 is 0. The number of Topliss-reactive ketones (excluding diaryl/α,β-unsaturated/α-hetero) is 2. The van der Waals surface area contributed by atoms with Crippen LogP contribution in [0.3, 0.4) is 0 Å². The average molecular weight is 237 g/mol. The molecule has 1 heterocycles. The van der Waals surface area contributed by atoms with Crippen LogP contribution >= 0.6 is 0 Å². The zero-order chi connectivity index (χ0) is 12.3. The van der Waals surface area contributed by atoms with E-state index in [0.29, 0.717) is 11.1 Å². The predicted octanol–water partition coefficient (Wildman–Crippen LogP) is 2.35. The van der Waals surface area contributed by atoms with Crippen molar-refractivity contribution in [2.75, 3.05) is 0 Å². The third-order valence-corrected chi connectivity index (χ3v) is 4.20. The minimum absolute atomic E-state index is 0.00625. The smallest absolute Gasteiger partial charge is 0.192 e. The number of ketones is 2. The molecule has 0 radical (unpaired) electrons. The van der Waals surface area contributed by atoms with Gasteiger partial charge in [0.1, 0.15) is 0 Å². The van der Waals surface area contributed by atoms with Gasteiger partial charge in [-0.15, -0.1) is 0 Å². The number of pyridine rings is 1. The number of hydrogen-bond acceptors (Lipinski definition) is 3. The van der Waals surface area contributed by atoms with E-state index in [-0.39, 0.29) is 23.4 Å². The fourth-order valence-electron chi connectivity index (χ4n) is 3.35. The maximum Gasteiger partial charge on any atom is 0.192 e. The fourth-order valence-corrected chi connectivity index (χ4v) is 3.35. The van der Waals surface area contributed by atoms with Gasteiger partial charge in [-0.25, -0.2) is 0 Å². The van der Waals surface area contributed by atoms with E-state index in [1.165, 1.54) is 6.20 Å². The van der Waals surface area contributed by atoms with Crippen molar-refractivity contribution in [2.45, 2.75) is 12.8 Å². The second-order valence-electron chi connectivity index (χ2n) is 5.08. The molecule has 0 amide bonds. The highest BCUT2D eigenvalue weighted by Crippen LogP contribution is 2.45. The Hall–Kier alpha value is -2.03. The van der Waals surface area contributed by atoms with Crippen molar-refractivity contribution in [2.24, 2.45) is 11.8 Å². The second kappa shape index (κ2) is 3.25. The van der Waals surface area contributed by atoms with Crippen molar-refractivity contribution in [1.82, 2.24) is 4.98 Å². The topological polar surface area (TPSA) is 47.0 Å². The molecule has 3 heteroatoms. The second-order valence-corrected chi connectivity index (χ2v) is 5.08. The van der Waals surface area contributed by atoms with Crippen molar-refractivity contribution < 1.29 is 9.59 Å². The van der Waals surface area contributed by atoms with Crippen LogP contribution < -0.4 is 0 Å². The van der Waals surface area contributed by atoms with Gasteiger partial charge in [-0.05, 0) is 18.9 Å². The standard InChI is InChI=1S/C15H11NO2/c17-14-10-5-6-16-7-11(10)15(18)13-9-3-1-8(2-4-9)12(13)14/h1,3,5-9H,2,4H2/t8-,9+/m0/s1. The molecule has 4 aliphatic carbocycles. The normalized spacial score (nSPS) is 28.4. The molecule has 4 aliphatic rings. The number of allylic oxidation sites excluding steroid dienone is 4. The Balaban J connectivity index is 1.99. The molecule has 3 nitrogen and oxygen atoms in total. The highest BCUT2D eigenvalue weighted by Gasteiger charge is 2.42. The van der Waals surface area contributed by atoms with Gasteiger partial charge < -0.3 is 0 Å². The molecule has 2 bridgehead atoms. The van der Waals surface area contributed by atoms with E-state index >= 15 is 0 Å². The summed E-state index contributed by atoms with van der Waals surface area (Å²) in [7, 11) is 0. The van der Waals surface area contributed by atoms with Crippen LogP contribution in [-0.2, 0) is 0 Å². The Morgan fingerprint density at radius 2 is 1.56 bits per heavy atom. The highest BCUT2D eigenvalue weighted by atomic mass is 16.1. The van der Waals surface area contributed by atoms with E-state index in [9.17, 15) is 9.59 Å². The molecule has 0 saturated heterocycles. The number of rotatable bonds is 0. The Kier molecular flexibility index (Phi) is 1.80. The van der Waals surface area contributed by atoms with Gasteiger partial charge in [0.25, 0.3) is 0 Å². The van der Waals surface area contributed by atoms with Crippen LogP contribution in [-0.4, -0.2) is 16.6 Å². The van der Waals surface area contributed by atoms with Crippen molar-refractivity contribution in [3.05, 3.63) is 52.9 Å². The molecule has 0 spiro atoms. The summed E-state index contributed by atoms with van der Waals surface area (Å²) < 4.78 is 0.